The van der Waals surface area contributed by atoms with Crippen LogP contribution in [0, 0.1) is 12.8 Å². The van der Waals surface area contributed by atoms with Gasteiger partial charge in [-0.05, 0) is 31.9 Å². The van der Waals surface area contributed by atoms with Crippen LogP contribution in [0.4, 0.5) is 0 Å². The summed E-state index contributed by atoms with van der Waals surface area (Å²) in [5.41, 5.74) is 1.32. The second-order valence-electron chi connectivity index (χ2n) is 5.57. The SMILES string of the molecule is Cc1ccc(C(=O)O)c(C2=NC(C)(C(C)C)C(=S)N2)c1. The average Bonchev–Trinajstić information content (AvgIpc) is 2.66. The fourth-order valence-corrected chi connectivity index (χ4v) is 2.48. The molecule has 2 rings (SSSR count). The van der Waals surface area contributed by atoms with Gasteiger partial charge in [-0.1, -0.05) is 37.7 Å². The molecule has 1 unspecified atom stereocenters. The van der Waals surface area contributed by atoms with E-state index in [9.17, 15) is 9.90 Å². The Labute approximate surface area is 123 Å². The molecule has 0 fully saturated rings. The van der Waals surface area contributed by atoms with E-state index >= 15 is 0 Å². The van der Waals surface area contributed by atoms with Gasteiger partial charge in [-0.2, -0.15) is 0 Å². The van der Waals surface area contributed by atoms with Crippen LogP contribution in [-0.2, 0) is 0 Å². The van der Waals surface area contributed by atoms with Crippen LogP contribution >= 0.6 is 12.2 Å². The summed E-state index contributed by atoms with van der Waals surface area (Å²) in [5, 5.41) is 12.4. The number of aliphatic imine (C=N–C) groups is 1. The Kier molecular flexibility index (Phi) is 3.65. The first kappa shape index (κ1) is 14.7. The van der Waals surface area contributed by atoms with E-state index < -0.39 is 11.5 Å². The average molecular weight is 290 g/mol. The molecule has 1 aliphatic heterocycles. The summed E-state index contributed by atoms with van der Waals surface area (Å²) >= 11 is 5.38. The summed E-state index contributed by atoms with van der Waals surface area (Å²) in [6.07, 6.45) is 0. The Morgan fingerprint density at radius 3 is 2.60 bits per heavy atom. The molecule has 4 nitrogen and oxygen atoms in total. The number of rotatable bonds is 3. The minimum Gasteiger partial charge on any atom is -0.478 e. The Balaban J connectivity index is 2.56. The number of thiocarbonyl (C=S) groups is 1. The lowest BCUT2D eigenvalue weighted by Gasteiger charge is -2.24. The number of nitrogens with one attached hydrogen (secondary N) is 1. The van der Waals surface area contributed by atoms with Crippen LogP contribution in [0.25, 0.3) is 0 Å². The lowest BCUT2D eigenvalue weighted by atomic mass is 9.90. The first-order valence-electron chi connectivity index (χ1n) is 6.51. The van der Waals surface area contributed by atoms with E-state index in [-0.39, 0.29) is 11.5 Å². The highest BCUT2D eigenvalue weighted by molar-refractivity contribution is 7.80. The van der Waals surface area contributed by atoms with Crippen LogP contribution < -0.4 is 5.32 Å². The number of nitrogens with zero attached hydrogens (tertiary/aromatic N) is 1. The molecule has 5 heteroatoms. The van der Waals surface area contributed by atoms with Crippen molar-refractivity contribution in [2.45, 2.75) is 33.2 Å². The molecule has 0 radical (unpaired) electrons. The van der Waals surface area contributed by atoms with Crippen molar-refractivity contribution >= 4 is 29.0 Å². The number of hydrogen-bond donors (Lipinski definition) is 2. The first-order chi connectivity index (χ1) is 9.25. The van der Waals surface area contributed by atoms with Crippen molar-refractivity contribution in [2.75, 3.05) is 0 Å². The van der Waals surface area contributed by atoms with E-state index in [1.807, 2.05) is 19.9 Å². The zero-order valence-electron chi connectivity index (χ0n) is 12.0. The molecule has 0 spiro atoms. The topological polar surface area (TPSA) is 61.7 Å². The third-order valence-corrected chi connectivity index (χ3v) is 4.34. The van der Waals surface area contributed by atoms with Gasteiger partial charge in [0, 0.05) is 5.56 Å². The summed E-state index contributed by atoms with van der Waals surface area (Å²) in [5.74, 6) is -0.182. The van der Waals surface area contributed by atoms with Crippen LogP contribution in [0.2, 0.25) is 0 Å². The molecule has 20 heavy (non-hydrogen) atoms. The molecule has 1 atom stereocenters. The van der Waals surface area contributed by atoms with Crippen LogP contribution in [0.3, 0.4) is 0 Å². The number of carbonyl (C=O) groups is 1. The van der Waals surface area contributed by atoms with Crippen LogP contribution in [0.5, 0.6) is 0 Å². The van der Waals surface area contributed by atoms with Gasteiger partial charge in [0.2, 0.25) is 0 Å². The van der Waals surface area contributed by atoms with Gasteiger partial charge in [0.1, 0.15) is 16.4 Å². The zero-order chi connectivity index (χ0) is 15.1. The van der Waals surface area contributed by atoms with Crippen molar-refractivity contribution < 1.29 is 9.90 Å². The van der Waals surface area contributed by atoms with Crippen molar-refractivity contribution in [1.82, 2.24) is 5.32 Å². The van der Waals surface area contributed by atoms with Gasteiger partial charge in [-0.3, -0.25) is 4.99 Å². The van der Waals surface area contributed by atoms with E-state index in [2.05, 4.69) is 24.2 Å². The smallest absolute Gasteiger partial charge is 0.336 e. The maximum absolute atomic E-state index is 11.4. The molecule has 106 valence electrons. The Morgan fingerprint density at radius 1 is 1.45 bits per heavy atom. The molecule has 0 bridgehead atoms. The molecule has 0 saturated heterocycles. The quantitative estimate of drug-likeness (QED) is 0.840. The summed E-state index contributed by atoms with van der Waals surface area (Å²) in [7, 11) is 0. The summed E-state index contributed by atoms with van der Waals surface area (Å²) < 4.78 is 0. The highest BCUT2D eigenvalue weighted by atomic mass is 32.1. The van der Waals surface area contributed by atoms with Crippen molar-refractivity contribution in [3.05, 3.63) is 34.9 Å². The van der Waals surface area contributed by atoms with Gasteiger partial charge in [0.25, 0.3) is 0 Å². The fraction of sp³-hybridized carbons (Fsp3) is 0.400. The molecule has 0 saturated carbocycles. The molecule has 1 heterocycles. The van der Waals surface area contributed by atoms with Gasteiger partial charge < -0.3 is 10.4 Å². The van der Waals surface area contributed by atoms with Crippen LogP contribution in [-0.4, -0.2) is 27.4 Å². The highest BCUT2D eigenvalue weighted by Gasteiger charge is 2.39. The molecule has 1 aromatic carbocycles. The molecule has 1 aliphatic rings. The highest BCUT2D eigenvalue weighted by Crippen LogP contribution is 2.28. The number of aromatic carboxylic acids is 1. The molecule has 0 amide bonds. The monoisotopic (exact) mass is 290 g/mol. The predicted octanol–water partition coefficient (Wildman–Crippen LogP) is 2.79. The van der Waals surface area contributed by atoms with Crippen LogP contribution in [0.1, 0.15) is 42.3 Å². The summed E-state index contributed by atoms with van der Waals surface area (Å²) in [6.45, 7) is 7.99. The maximum Gasteiger partial charge on any atom is 0.336 e. The molecular formula is C15H18N2O2S. The van der Waals surface area contributed by atoms with Crippen LogP contribution in [0.15, 0.2) is 23.2 Å². The number of benzene rings is 1. The standard InChI is InChI=1S/C15H18N2O2S/c1-8(2)15(4)14(20)16-12(17-15)11-7-9(3)5-6-10(11)13(18)19/h5-8H,1-4H3,(H,18,19)(H,16,17,20). The van der Waals surface area contributed by atoms with Crippen molar-refractivity contribution in [2.24, 2.45) is 10.9 Å². The Hall–Kier alpha value is -1.75. The van der Waals surface area contributed by atoms with E-state index in [1.54, 1.807) is 12.1 Å². The van der Waals surface area contributed by atoms with Gasteiger partial charge in [0.15, 0.2) is 0 Å². The lowest BCUT2D eigenvalue weighted by Crippen LogP contribution is -2.39. The number of amidine groups is 1. The normalized spacial score (nSPS) is 21.9. The first-order valence-corrected chi connectivity index (χ1v) is 6.92. The maximum atomic E-state index is 11.4. The predicted molar refractivity (Wildman–Crippen MR) is 83.7 cm³/mol. The largest absolute Gasteiger partial charge is 0.478 e. The molecular weight excluding hydrogens is 272 g/mol. The molecule has 0 aromatic heterocycles. The lowest BCUT2D eigenvalue weighted by molar-refractivity contribution is 0.0696. The van der Waals surface area contributed by atoms with Gasteiger partial charge >= 0.3 is 5.97 Å². The second-order valence-corrected chi connectivity index (χ2v) is 5.98. The van der Waals surface area contributed by atoms with Gasteiger partial charge in [-0.15, -0.1) is 0 Å². The minimum atomic E-state index is -0.964. The zero-order valence-corrected chi connectivity index (χ0v) is 12.8. The van der Waals surface area contributed by atoms with Crippen molar-refractivity contribution in [3.8, 4) is 0 Å². The molecule has 1 aromatic rings. The van der Waals surface area contributed by atoms with Crippen molar-refractivity contribution in [3.63, 3.8) is 0 Å². The molecule has 2 N–H and O–H groups in total. The number of carboxylic acid groups (broad SMARTS) is 1. The van der Waals surface area contributed by atoms with E-state index in [4.69, 9.17) is 12.2 Å². The van der Waals surface area contributed by atoms with E-state index in [0.717, 1.165) is 5.56 Å². The fourth-order valence-electron chi connectivity index (χ4n) is 2.10. The van der Waals surface area contributed by atoms with Crippen molar-refractivity contribution in [1.29, 1.82) is 0 Å². The number of carboxylic acids is 1. The summed E-state index contributed by atoms with van der Waals surface area (Å²) in [6, 6.07) is 5.21. The minimum absolute atomic E-state index is 0.234. The number of hydrogen-bond acceptors (Lipinski definition) is 3. The number of aryl methyl sites for hydroxylation is 1. The van der Waals surface area contributed by atoms with E-state index in [1.165, 1.54) is 0 Å². The van der Waals surface area contributed by atoms with E-state index in [0.29, 0.717) is 16.4 Å². The molecule has 0 aliphatic carbocycles. The Morgan fingerprint density at radius 2 is 2.10 bits per heavy atom. The van der Waals surface area contributed by atoms with Gasteiger partial charge in [0.05, 0.1) is 5.56 Å². The third kappa shape index (κ3) is 2.33. The Bertz CT molecular complexity index is 622. The summed E-state index contributed by atoms with van der Waals surface area (Å²) in [4.78, 5) is 16.6. The second kappa shape index (κ2) is 4.98. The third-order valence-electron chi connectivity index (χ3n) is 3.82. The van der Waals surface area contributed by atoms with Gasteiger partial charge in [-0.25, -0.2) is 4.79 Å².